The number of nitrogens with zero attached hydrogens (tertiary/aromatic N) is 4. The van der Waals surface area contributed by atoms with Gasteiger partial charge in [0, 0.05) is 94.7 Å². The van der Waals surface area contributed by atoms with Crippen LogP contribution in [0.2, 0.25) is 0 Å². The summed E-state index contributed by atoms with van der Waals surface area (Å²) < 4.78 is 0. The zero-order valence-electron chi connectivity index (χ0n) is 18.5. The Morgan fingerprint density at radius 3 is 1.31 bits per heavy atom. The summed E-state index contributed by atoms with van der Waals surface area (Å²) in [5.41, 5.74) is 9.24. The first kappa shape index (κ1) is 18.6. The molecule has 4 atom stereocenters. The number of nitrogens with one attached hydrogen (secondary N) is 2. The molecule has 2 fully saturated rings. The van der Waals surface area contributed by atoms with E-state index in [-0.39, 0.29) is 0 Å². The molecule has 32 heavy (non-hydrogen) atoms. The van der Waals surface area contributed by atoms with E-state index in [9.17, 15) is 0 Å². The van der Waals surface area contributed by atoms with Gasteiger partial charge in [-0.05, 0) is 62.6 Å². The molecule has 3 aromatic heterocycles. The highest BCUT2D eigenvalue weighted by atomic mass is 15.1. The average Bonchev–Trinajstić information content (AvgIpc) is 3.55. The van der Waals surface area contributed by atoms with E-state index >= 15 is 0 Å². The number of likely N-dealkylation sites (N-methyl/N-ethyl adjacent to an activating group) is 2. The van der Waals surface area contributed by atoms with Crippen LogP contribution in [0, 0.1) is 0 Å². The molecule has 3 aromatic rings. The van der Waals surface area contributed by atoms with Crippen LogP contribution in [-0.2, 0) is 0 Å². The van der Waals surface area contributed by atoms with Crippen molar-refractivity contribution in [1.82, 2.24) is 29.7 Å². The molecule has 2 saturated heterocycles. The lowest BCUT2D eigenvalue weighted by Crippen LogP contribution is -2.15. The van der Waals surface area contributed by atoms with Gasteiger partial charge in [-0.1, -0.05) is 0 Å². The van der Waals surface area contributed by atoms with Crippen molar-refractivity contribution in [3.8, 4) is 0 Å². The van der Waals surface area contributed by atoms with Crippen molar-refractivity contribution in [1.29, 1.82) is 0 Å². The molecule has 6 nitrogen and oxygen atoms in total. The summed E-state index contributed by atoms with van der Waals surface area (Å²) in [5, 5.41) is 0. The van der Waals surface area contributed by atoms with Crippen LogP contribution in [-0.4, -0.2) is 70.0 Å². The molecule has 8 bridgehead atoms. The van der Waals surface area contributed by atoms with E-state index in [0.717, 1.165) is 48.2 Å². The minimum absolute atomic E-state index is 0.460. The fourth-order valence-electron chi connectivity index (χ4n) is 6.22. The van der Waals surface area contributed by atoms with Crippen molar-refractivity contribution in [2.75, 3.05) is 40.3 Å². The molecule has 7 heterocycles. The third kappa shape index (κ3) is 2.93. The Bertz CT molecular complexity index is 1270. The molecule has 4 aliphatic heterocycles. The molecule has 162 valence electrons. The molecular formula is C26H28N6. The molecule has 0 amide bonds. The summed E-state index contributed by atoms with van der Waals surface area (Å²) in [6.45, 7) is 4.26. The summed E-state index contributed by atoms with van der Waals surface area (Å²) in [4.78, 5) is 22.3. The maximum absolute atomic E-state index is 5.18. The molecule has 0 aliphatic carbocycles. The maximum Gasteiger partial charge on any atom is 0.0478 e. The van der Waals surface area contributed by atoms with E-state index in [4.69, 9.17) is 9.97 Å². The van der Waals surface area contributed by atoms with Crippen LogP contribution >= 0.6 is 0 Å². The predicted octanol–water partition coefficient (Wildman–Crippen LogP) is 3.94. The second-order valence-electron chi connectivity index (χ2n) is 10.1. The highest BCUT2D eigenvalue weighted by Gasteiger charge is 2.41. The zero-order valence-corrected chi connectivity index (χ0v) is 18.5. The van der Waals surface area contributed by atoms with Gasteiger partial charge in [0.2, 0.25) is 0 Å². The van der Waals surface area contributed by atoms with E-state index in [2.05, 4.69) is 82.4 Å². The van der Waals surface area contributed by atoms with E-state index in [1.54, 1.807) is 0 Å². The van der Waals surface area contributed by atoms with Crippen molar-refractivity contribution < 1.29 is 0 Å². The van der Waals surface area contributed by atoms with Crippen LogP contribution in [0.3, 0.4) is 0 Å². The lowest BCUT2D eigenvalue weighted by molar-refractivity contribution is 0.403. The molecule has 0 radical (unpaired) electrons. The van der Waals surface area contributed by atoms with Crippen molar-refractivity contribution in [2.45, 2.75) is 23.7 Å². The van der Waals surface area contributed by atoms with E-state index in [1.807, 2.05) is 0 Å². The maximum atomic E-state index is 5.18. The monoisotopic (exact) mass is 424 g/mol. The van der Waals surface area contributed by atoms with Crippen LogP contribution in [0.25, 0.3) is 22.1 Å². The second-order valence-corrected chi connectivity index (χ2v) is 10.1. The van der Waals surface area contributed by atoms with Crippen molar-refractivity contribution in [3.05, 3.63) is 71.3 Å². The molecule has 6 heteroatoms. The van der Waals surface area contributed by atoms with Gasteiger partial charge in [0.1, 0.15) is 0 Å². The van der Waals surface area contributed by atoms with Crippen LogP contribution < -0.4 is 0 Å². The van der Waals surface area contributed by atoms with Crippen molar-refractivity contribution in [3.63, 3.8) is 0 Å². The number of hydrogen-bond donors (Lipinski definition) is 2. The number of aromatic nitrogens is 4. The smallest absolute Gasteiger partial charge is 0.0478 e. The predicted molar refractivity (Wildman–Crippen MR) is 127 cm³/mol. The van der Waals surface area contributed by atoms with Gasteiger partial charge in [-0.25, -0.2) is 0 Å². The Morgan fingerprint density at radius 2 is 0.906 bits per heavy atom. The first-order chi connectivity index (χ1) is 15.6. The average molecular weight is 425 g/mol. The van der Waals surface area contributed by atoms with Gasteiger partial charge in [-0.2, -0.15) is 0 Å². The SMILES string of the molecule is CN1CC2c3cc4nc(cc5ccc(cc6ccc(cc(n3)C2C1)[nH]6)[nH]5)C1CN(C)CC41. The quantitative estimate of drug-likeness (QED) is 0.574. The first-order valence-corrected chi connectivity index (χ1v) is 11.6. The molecule has 0 spiro atoms. The fourth-order valence-corrected chi connectivity index (χ4v) is 6.22. The van der Waals surface area contributed by atoms with Gasteiger partial charge in [0.15, 0.2) is 0 Å². The third-order valence-electron chi connectivity index (χ3n) is 7.72. The number of hydrogen-bond acceptors (Lipinski definition) is 4. The van der Waals surface area contributed by atoms with Gasteiger partial charge in [-0.15, -0.1) is 0 Å². The van der Waals surface area contributed by atoms with Crippen LogP contribution in [0.5, 0.6) is 0 Å². The standard InChI is InChI=1S/C26H28N6/c1-31-11-19-21(13-31)25-10-26-22-14-32(2)12-20(22)24(30-26)9-18-6-4-16(28-18)7-15-3-5-17(27-15)8-23(19)29-25/h3-10,19-22,27-28H,11-14H2,1-2H3. The number of likely N-dealkylation sites (tertiary alicyclic amines) is 2. The Balaban J connectivity index is 1.52. The minimum Gasteiger partial charge on any atom is -0.355 e. The summed E-state index contributed by atoms with van der Waals surface area (Å²) in [7, 11) is 4.45. The Labute approximate surface area is 187 Å². The zero-order chi connectivity index (χ0) is 21.4. The fraction of sp³-hybridized carbons (Fsp3) is 0.385. The number of fused-ring (bicyclic) bond motifs is 14. The Kier molecular flexibility index (Phi) is 3.93. The van der Waals surface area contributed by atoms with Crippen molar-refractivity contribution in [2.24, 2.45) is 0 Å². The Morgan fingerprint density at radius 1 is 0.562 bits per heavy atom. The van der Waals surface area contributed by atoms with Gasteiger partial charge in [-0.3, -0.25) is 9.97 Å². The molecular weight excluding hydrogens is 396 g/mol. The van der Waals surface area contributed by atoms with E-state index in [1.165, 1.54) is 22.8 Å². The van der Waals surface area contributed by atoms with Crippen LogP contribution in [0.4, 0.5) is 0 Å². The van der Waals surface area contributed by atoms with Gasteiger partial charge in [0.25, 0.3) is 0 Å². The highest BCUT2D eigenvalue weighted by Crippen LogP contribution is 2.45. The van der Waals surface area contributed by atoms with Gasteiger partial charge < -0.3 is 19.8 Å². The van der Waals surface area contributed by atoms with Crippen LogP contribution in [0.1, 0.15) is 46.4 Å². The number of rotatable bonds is 0. The largest absolute Gasteiger partial charge is 0.355 e. The summed E-state index contributed by atoms with van der Waals surface area (Å²) in [6.07, 6.45) is 0. The topological polar surface area (TPSA) is 63.8 Å². The lowest BCUT2D eigenvalue weighted by atomic mass is 9.90. The number of aromatic amines is 2. The van der Waals surface area contributed by atoms with Crippen LogP contribution in [0.15, 0.2) is 48.5 Å². The molecule has 2 N–H and O–H groups in total. The van der Waals surface area contributed by atoms with Gasteiger partial charge >= 0.3 is 0 Å². The molecule has 4 aliphatic rings. The first-order valence-electron chi connectivity index (χ1n) is 11.6. The van der Waals surface area contributed by atoms with E-state index < -0.39 is 0 Å². The van der Waals surface area contributed by atoms with E-state index in [0.29, 0.717) is 23.7 Å². The molecule has 7 rings (SSSR count). The second kappa shape index (κ2) is 6.77. The van der Waals surface area contributed by atoms with Crippen molar-refractivity contribution >= 4 is 22.1 Å². The molecule has 4 unspecified atom stereocenters. The third-order valence-corrected chi connectivity index (χ3v) is 7.72. The minimum atomic E-state index is 0.460. The summed E-state index contributed by atoms with van der Waals surface area (Å²) in [5.74, 6) is 1.84. The van der Waals surface area contributed by atoms with Gasteiger partial charge in [0.05, 0.1) is 0 Å². The molecule has 0 aromatic carbocycles. The summed E-state index contributed by atoms with van der Waals surface area (Å²) in [6, 6.07) is 17.6. The Hall–Kier alpha value is -2.96. The normalized spacial score (nSPS) is 27.6. The summed E-state index contributed by atoms with van der Waals surface area (Å²) >= 11 is 0. The lowest BCUT2D eigenvalue weighted by Gasteiger charge is -2.10. The molecule has 0 saturated carbocycles. The number of H-pyrrole nitrogens is 2. The highest BCUT2D eigenvalue weighted by molar-refractivity contribution is 5.68.